The van der Waals surface area contributed by atoms with Gasteiger partial charge in [0, 0.05) is 57.8 Å². The summed E-state index contributed by atoms with van der Waals surface area (Å²) < 4.78 is 30.6. The molecule has 296 valence electrons. The van der Waals surface area contributed by atoms with E-state index in [0.29, 0.717) is 0 Å². The van der Waals surface area contributed by atoms with Gasteiger partial charge >= 0.3 is 5.97 Å². The van der Waals surface area contributed by atoms with Crippen molar-refractivity contribution in [1.29, 1.82) is 0 Å². The summed E-state index contributed by atoms with van der Waals surface area (Å²) in [7, 11) is 4.58. The molecule has 2 aliphatic heterocycles. The molecule has 0 bridgehead atoms. The summed E-state index contributed by atoms with van der Waals surface area (Å²) in [6.45, 7) is 16.1. The molecule has 2 rings (SSSR count). The smallest absolute Gasteiger partial charge is 0.306 e. The minimum atomic E-state index is -1.78. The number of hydrogen-bond acceptors (Lipinski definition) is 9. The van der Waals surface area contributed by atoms with Crippen LogP contribution >= 0.6 is 0 Å². The topological polar surface area (TPSA) is 144 Å². The highest BCUT2D eigenvalue weighted by molar-refractivity contribution is 5.67. The Morgan fingerprint density at radius 1 is 0.827 bits per heavy atom. The van der Waals surface area contributed by atoms with Gasteiger partial charge in [-0.05, 0) is 32.1 Å². The van der Waals surface area contributed by atoms with E-state index >= 15 is 0 Å². The van der Waals surface area contributed by atoms with Crippen LogP contribution < -0.4 is 0 Å². The molecule has 52 heavy (non-hydrogen) atoms. The molecule has 0 amide bonds. The van der Waals surface area contributed by atoms with E-state index in [9.17, 15) is 20.1 Å². The molecule has 0 unspecified atom stereocenters. The first-order chi connectivity index (χ1) is 24.5. The van der Waals surface area contributed by atoms with E-state index < -0.39 is 48.1 Å². The van der Waals surface area contributed by atoms with Crippen molar-refractivity contribution in [2.24, 2.45) is 35.5 Å². The van der Waals surface area contributed by atoms with Crippen LogP contribution in [-0.4, -0.2) is 95.9 Å². The molecular weight excluding hydrogens is 664 g/mol. The summed E-state index contributed by atoms with van der Waals surface area (Å²) in [5.41, 5.74) is 1.21. The van der Waals surface area contributed by atoms with Crippen molar-refractivity contribution < 1.29 is 48.9 Å². The van der Waals surface area contributed by atoms with Crippen LogP contribution in [0.3, 0.4) is 0 Å². The first-order valence-electron chi connectivity index (χ1n) is 18.7. The van der Waals surface area contributed by atoms with Gasteiger partial charge in [-0.25, -0.2) is 0 Å². The molecular formula is C42H68O10. The lowest BCUT2D eigenvalue weighted by Crippen LogP contribution is -2.71. The highest BCUT2D eigenvalue weighted by Gasteiger charge is 2.65. The van der Waals surface area contributed by atoms with Gasteiger partial charge in [0.1, 0.15) is 0 Å². The number of aliphatic carboxylic acids is 1. The van der Waals surface area contributed by atoms with Crippen LogP contribution in [0, 0.1) is 35.5 Å². The molecule has 2 aliphatic rings. The molecule has 0 radical (unpaired) electrons. The number of carbonyl (C=O) groups is 1. The number of ether oxygens (including phenoxy) is 5. The third-order valence-corrected chi connectivity index (χ3v) is 11.2. The zero-order valence-corrected chi connectivity index (χ0v) is 33.3. The van der Waals surface area contributed by atoms with E-state index in [0.717, 1.165) is 6.42 Å². The summed E-state index contributed by atoms with van der Waals surface area (Å²) in [5, 5.41) is 44.0. The number of carboxylic acid groups (broad SMARTS) is 1. The Labute approximate surface area is 312 Å². The first kappa shape index (κ1) is 45.7. The molecule has 4 N–H and O–H groups in total. The summed E-state index contributed by atoms with van der Waals surface area (Å²) in [6, 6.07) is 0. The maximum absolute atomic E-state index is 12.1. The second-order valence-corrected chi connectivity index (χ2v) is 15.1. The number of aliphatic hydroxyl groups is 3. The number of carboxylic acids is 1. The van der Waals surface area contributed by atoms with Gasteiger partial charge in [0.2, 0.25) is 11.6 Å². The molecule has 0 saturated carbocycles. The monoisotopic (exact) mass is 732 g/mol. The largest absolute Gasteiger partial charge is 0.481 e. The number of aliphatic hydroxyl groups excluding tert-OH is 2. The second kappa shape index (κ2) is 21.5. The lowest BCUT2D eigenvalue weighted by molar-refractivity contribution is -0.467. The van der Waals surface area contributed by atoms with Crippen molar-refractivity contribution in [2.45, 2.75) is 129 Å². The maximum Gasteiger partial charge on any atom is 0.306 e. The van der Waals surface area contributed by atoms with Crippen LogP contribution in [0.5, 0.6) is 0 Å². The highest BCUT2D eigenvalue weighted by atomic mass is 16.8. The van der Waals surface area contributed by atoms with Crippen LogP contribution in [0.25, 0.3) is 0 Å². The van der Waals surface area contributed by atoms with E-state index in [1.807, 2.05) is 84.1 Å². The van der Waals surface area contributed by atoms with Crippen LogP contribution in [-0.2, 0) is 28.5 Å². The van der Waals surface area contributed by atoms with E-state index in [2.05, 4.69) is 19.9 Å². The van der Waals surface area contributed by atoms with Crippen LogP contribution in [0.1, 0.15) is 81.1 Å². The fourth-order valence-corrected chi connectivity index (χ4v) is 7.71. The summed E-state index contributed by atoms with van der Waals surface area (Å²) in [5.74, 6) is -5.37. The Morgan fingerprint density at radius 3 is 1.88 bits per heavy atom. The predicted molar refractivity (Wildman–Crippen MR) is 204 cm³/mol. The van der Waals surface area contributed by atoms with Crippen molar-refractivity contribution in [1.82, 2.24) is 0 Å². The minimum Gasteiger partial charge on any atom is -0.481 e. The quantitative estimate of drug-likeness (QED) is 0.0638. The highest BCUT2D eigenvalue weighted by Crippen LogP contribution is 2.52. The number of hydrogen-bond donors (Lipinski definition) is 4. The molecule has 1 spiro atoms. The molecule has 2 fully saturated rings. The average molecular weight is 733 g/mol. The predicted octanol–water partition coefficient (Wildman–Crippen LogP) is 6.78. The van der Waals surface area contributed by atoms with Crippen molar-refractivity contribution >= 4 is 5.97 Å². The lowest BCUT2D eigenvalue weighted by atomic mass is 9.73. The number of rotatable bonds is 19. The Kier molecular flexibility index (Phi) is 18.9. The average Bonchev–Trinajstić information content (AvgIpc) is 3.12. The maximum atomic E-state index is 12.1. The summed E-state index contributed by atoms with van der Waals surface area (Å²) in [6.07, 6.45) is 18.4. The molecule has 14 atom stereocenters. The second-order valence-electron chi connectivity index (χ2n) is 15.1. The minimum absolute atomic E-state index is 0.00939. The normalized spacial score (nSPS) is 33.3. The first-order valence-corrected chi connectivity index (χ1v) is 18.7. The van der Waals surface area contributed by atoms with E-state index in [-0.39, 0.29) is 60.9 Å². The van der Waals surface area contributed by atoms with Crippen molar-refractivity contribution in [2.75, 3.05) is 21.3 Å². The molecule has 10 nitrogen and oxygen atoms in total. The van der Waals surface area contributed by atoms with E-state index in [1.54, 1.807) is 25.3 Å². The van der Waals surface area contributed by atoms with Gasteiger partial charge in [-0.15, -0.1) is 0 Å². The Hall–Kier alpha value is -2.41. The van der Waals surface area contributed by atoms with Crippen molar-refractivity contribution in [3.05, 3.63) is 72.4 Å². The Balaban J connectivity index is 2.19. The fraction of sp³-hybridized carbons (Fsp3) is 0.690. The molecule has 2 heterocycles. The fourth-order valence-electron chi connectivity index (χ4n) is 7.71. The van der Waals surface area contributed by atoms with Crippen LogP contribution in [0.15, 0.2) is 72.4 Å². The molecule has 0 aromatic carbocycles. The molecule has 0 aromatic rings. The zero-order valence-electron chi connectivity index (χ0n) is 33.3. The standard InChI is InChI=1S/C42H68O10/c1-12-27(2)23-29(4)38(46)33(8)40-31(6)35(49-10)26-42(52-40)41(47,50-11)25-30(5)39(51-42)32(7)37(45)28(3)21-19-17-15-13-14-16-18-20-22-34(48-9)24-36(43)44/h12-22,28-35,37-40,45-47H,23-26H2,1-11H3,(H,43,44)/b14-13-,17-15+,18-16+,21-19-,22-20-,27-12+/t28-,29-,30-,31+,32-,33+,34+,35+,37-,38-,39-,40-,41-,42+/m0/s1. The third kappa shape index (κ3) is 12.0. The summed E-state index contributed by atoms with van der Waals surface area (Å²) >= 11 is 0. The van der Waals surface area contributed by atoms with Gasteiger partial charge in [0.25, 0.3) is 0 Å². The van der Waals surface area contributed by atoms with Gasteiger partial charge in [-0.3, -0.25) is 4.79 Å². The van der Waals surface area contributed by atoms with Gasteiger partial charge < -0.3 is 44.1 Å². The molecule has 2 saturated heterocycles. The van der Waals surface area contributed by atoms with Gasteiger partial charge in [-0.2, -0.15) is 0 Å². The number of allylic oxidation sites excluding steroid dienone is 10. The lowest BCUT2D eigenvalue weighted by Gasteiger charge is -2.59. The molecule has 0 aliphatic carbocycles. The Bertz CT molecular complexity index is 1270. The SMILES string of the molecule is C/C=C(\C)C[C@H](C)[C@H](O)[C@@H](C)[C@H]1O[C@@]2(C[C@@H](OC)[C@H]1C)O[C@H]([C@@H](C)[C@@H](O)[C@@H](C)\C=C/C=C/C=C\C=C\C=C/[C@H](CC(=O)O)OC)[C@@H](C)C[C@]2(O)OC. The third-order valence-electron chi connectivity index (χ3n) is 11.2. The van der Waals surface area contributed by atoms with Gasteiger partial charge in [0.05, 0.1) is 43.0 Å². The van der Waals surface area contributed by atoms with Crippen molar-refractivity contribution in [3.63, 3.8) is 0 Å². The molecule has 0 aromatic heterocycles. The van der Waals surface area contributed by atoms with Crippen LogP contribution in [0.4, 0.5) is 0 Å². The Morgan fingerprint density at radius 2 is 1.37 bits per heavy atom. The van der Waals surface area contributed by atoms with E-state index in [4.69, 9.17) is 28.8 Å². The van der Waals surface area contributed by atoms with Crippen LogP contribution in [0.2, 0.25) is 0 Å². The van der Waals surface area contributed by atoms with Crippen molar-refractivity contribution in [3.8, 4) is 0 Å². The summed E-state index contributed by atoms with van der Waals surface area (Å²) in [4.78, 5) is 10.8. The van der Waals surface area contributed by atoms with E-state index in [1.165, 1.54) is 19.8 Å². The van der Waals surface area contributed by atoms with Gasteiger partial charge in [0.15, 0.2) is 0 Å². The number of methoxy groups -OCH3 is 3. The van der Waals surface area contributed by atoms with Gasteiger partial charge in [-0.1, -0.05) is 114 Å². The zero-order chi connectivity index (χ0) is 39.2. The molecule has 10 heteroatoms.